The smallest absolute Gasteiger partial charge is 0.304 e. The molecule has 96 valence electrons. The fraction of sp³-hybridized carbons (Fsp3) is 0.923. The van der Waals surface area contributed by atoms with Gasteiger partial charge in [-0.15, -0.1) is 0 Å². The number of aliphatic carboxylic acids is 1. The molecule has 1 N–H and O–H groups in total. The predicted molar refractivity (Wildman–Crippen MR) is 67.7 cm³/mol. The summed E-state index contributed by atoms with van der Waals surface area (Å²) >= 11 is 0. The van der Waals surface area contributed by atoms with Crippen molar-refractivity contribution in [1.82, 2.24) is 4.90 Å². The molecule has 0 rings (SSSR count). The lowest BCUT2D eigenvalue weighted by atomic mass is 10.0. The molecule has 0 aromatic heterocycles. The van der Waals surface area contributed by atoms with Gasteiger partial charge in [0, 0.05) is 6.04 Å². The summed E-state index contributed by atoms with van der Waals surface area (Å²) in [5.41, 5.74) is 0. The highest BCUT2D eigenvalue weighted by Gasteiger charge is 2.18. The van der Waals surface area contributed by atoms with Crippen LogP contribution in [-0.2, 0) is 4.79 Å². The lowest BCUT2D eigenvalue weighted by Gasteiger charge is -2.28. The lowest BCUT2D eigenvalue weighted by molar-refractivity contribution is -0.138. The summed E-state index contributed by atoms with van der Waals surface area (Å²) in [6, 6.07) is 0.226. The third-order valence-electron chi connectivity index (χ3n) is 3.13. The fourth-order valence-corrected chi connectivity index (χ4v) is 2.16. The first-order valence-corrected chi connectivity index (χ1v) is 6.61. The van der Waals surface area contributed by atoms with Crippen molar-refractivity contribution in [2.24, 2.45) is 0 Å². The summed E-state index contributed by atoms with van der Waals surface area (Å²) in [6.45, 7) is 8.29. The Hall–Kier alpha value is -0.570. The minimum atomic E-state index is -0.674. The molecule has 0 aromatic rings. The molecule has 0 aliphatic heterocycles. The van der Waals surface area contributed by atoms with E-state index in [1.807, 2.05) is 0 Å². The topological polar surface area (TPSA) is 40.5 Å². The molecule has 0 saturated heterocycles. The van der Waals surface area contributed by atoms with Crippen LogP contribution in [0.2, 0.25) is 0 Å². The molecule has 0 radical (unpaired) electrons. The number of hydrogen-bond donors (Lipinski definition) is 1. The van der Waals surface area contributed by atoms with E-state index >= 15 is 0 Å². The Bertz CT molecular complexity index is 179. The van der Waals surface area contributed by atoms with E-state index in [0.717, 1.165) is 25.9 Å². The number of rotatable bonds is 10. The summed E-state index contributed by atoms with van der Waals surface area (Å²) in [6.07, 6.45) is 6.19. The number of carbonyl (C=O) groups is 1. The normalized spacial score (nSPS) is 13.0. The van der Waals surface area contributed by atoms with Crippen molar-refractivity contribution in [2.45, 2.75) is 65.3 Å². The number of carboxylic acid groups (broad SMARTS) is 1. The van der Waals surface area contributed by atoms with E-state index in [1.165, 1.54) is 19.3 Å². The van der Waals surface area contributed by atoms with Gasteiger partial charge in [-0.3, -0.25) is 4.79 Å². The van der Waals surface area contributed by atoms with Crippen LogP contribution in [0.4, 0.5) is 0 Å². The van der Waals surface area contributed by atoms with E-state index in [2.05, 4.69) is 25.7 Å². The standard InChI is InChI=1S/C13H27NO2/c1-4-7-8-9-10-12(11-13(15)16)14(5-2)6-3/h12H,4-11H2,1-3H3,(H,15,16). The van der Waals surface area contributed by atoms with Gasteiger partial charge < -0.3 is 10.0 Å². The molecule has 3 heteroatoms. The molecule has 0 bridgehead atoms. The molecule has 1 unspecified atom stereocenters. The van der Waals surface area contributed by atoms with Crippen LogP contribution in [0.1, 0.15) is 59.3 Å². The molecule has 16 heavy (non-hydrogen) atoms. The predicted octanol–water partition coefficient (Wildman–Crippen LogP) is 3.14. The molecule has 0 amide bonds. The van der Waals surface area contributed by atoms with Crippen LogP contribution in [0.5, 0.6) is 0 Å². The highest BCUT2D eigenvalue weighted by atomic mass is 16.4. The van der Waals surface area contributed by atoms with Crippen LogP contribution >= 0.6 is 0 Å². The first-order chi connectivity index (χ1) is 7.65. The monoisotopic (exact) mass is 229 g/mol. The second-order valence-corrected chi connectivity index (χ2v) is 4.32. The van der Waals surface area contributed by atoms with Crippen molar-refractivity contribution >= 4 is 5.97 Å². The van der Waals surface area contributed by atoms with E-state index in [1.54, 1.807) is 0 Å². The van der Waals surface area contributed by atoms with Crippen molar-refractivity contribution in [2.75, 3.05) is 13.1 Å². The van der Waals surface area contributed by atoms with Crippen molar-refractivity contribution < 1.29 is 9.90 Å². The zero-order valence-electron chi connectivity index (χ0n) is 11.0. The Labute approximate surface area is 99.8 Å². The fourth-order valence-electron chi connectivity index (χ4n) is 2.16. The summed E-state index contributed by atoms with van der Waals surface area (Å²) < 4.78 is 0. The Kier molecular flexibility index (Phi) is 9.30. The van der Waals surface area contributed by atoms with Crippen LogP contribution in [0.3, 0.4) is 0 Å². The van der Waals surface area contributed by atoms with Crippen molar-refractivity contribution in [3.05, 3.63) is 0 Å². The minimum absolute atomic E-state index is 0.226. The first-order valence-electron chi connectivity index (χ1n) is 6.61. The van der Waals surface area contributed by atoms with E-state index in [-0.39, 0.29) is 12.5 Å². The van der Waals surface area contributed by atoms with Crippen LogP contribution in [-0.4, -0.2) is 35.1 Å². The molecule has 0 heterocycles. The molecule has 0 spiro atoms. The van der Waals surface area contributed by atoms with Gasteiger partial charge >= 0.3 is 5.97 Å². The maximum Gasteiger partial charge on any atom is 0.304 e. The van der Waals surface area contributed by atoms with E-state index in [0.29, 0.717) is 0 Å². The third kappa shape index (κ3) is 6.83. The van der Waals surface area contributed by atoms with E-state index in [4.69, 9.17) is 5.11 Å². The second-order valence-electron chi connectivity index (χ2n) is 4.32. The van der Waals surface area contributed by atoms with Gasteiger partial charge in [0.05, 0.1) is 6.42 Å². The molecule has 0 fully saturated rings. The maximum atomic E-state index is 10.8. The zero-order chi connectivity index (χ0) is 12.4. The highest BCUT2D eigenvalue weighted by molar-refractivity contribution is 5.67. The van der Waals surface area contributed by atoms with Gasteiger partial charge in [0.1, 0.15) is 0 Å². The zero-order valence-corrected chi connectivity index (χ0v) is 11.0. The van der Waals surface area contributed by atoms with Crippen molar-refractivity contribution in [3.63, 3.8) is 0 Å². The number of unbranched alkanes of at least 4 members (excludes halogenated alkanes) is 3. The van der Waals surface area contributed by atoms with Gasteiger partial charge in [-0.1, -0.05) is 46.5 Å². The van der Waals surface area contributed by atoms with Crippen molar-refractivity contribution in [3.8, 4) is 0 Å². The van der Waals surface area contributed by atoms with Crippen LogP contribution < -0.4 is 0 Å². The highest BCUT2D eigenvalue weighted by Crippen LogP contribution is 2.14. The van der Waals surface area contributed by atoms with Gasteiger partial charge in [-0.2, -0.15) is 0 Å². The van der Waals surface area contributed by atoms with E-state index in [9.17, 15) is 4.79 Å². The van der Waals surface area contributed by atoms with Gasteiger partial charge in [-0.05, 0) is 19.5 Å². The third-order valence-corrected chi connectivity index (χ3v) is 3.13. The SMILES string of the molecule is CCCCCCC(CC(=O)O)N(CC)CC. The Balaban J connectivity index is 4.03. The molecule has 0 aliphatic rings. The quantitative estimate of drug-likeness (QED) is 0.585. The van der Waals surface area contributed by atoms with Crippen LogP contribution in [0, 0.1) is 0 Å². The van der Waals surface area contributed by atoms with Gasteiger partial charge in [0.2, 0.25) is 0 Å². The lowest BCUT2D eigenvalue weighted by Crippen LogP contribution is -2.36. The van der Waals surface area contributed by atoms with Crippen LogP contribution in [0.25, 0.3) is 0 Å². The summed E-state index contributed by atoms with van der Waals surface area (Å²) in [5.74, 6) is -0.674. The second kappa shape index (κ2) is 9.64. The van der Waals surface area contributed by atoms with Gasteiger partial charge in [0.25, 0.3) is 0 Å². The molecule has 0 saturated carbocycles. The summed E-state index contributed by atoms with van der Waals surface area (Å²) in [4.78, 5) is 13.1. The van der Waals surface area contributed by atoms with Gasteiger partial charge in [-0.25, -0.2) is 0 Å². The molecule has 1 atom stereocenters. The number of nitrogens with zero attached hydrogens (tertiary/aromatic N) is 1. The van der Waals surface area contributed by atoms with Gasteiger partial charge in [0.15, 0.2) is 0 Å². The maximum absolute atomic E-state index is 10.8. The summed E-state index contributed by atoms with van der Waals surface area (Å²) in [7, 11) is 0. The van der Waals surface area contributed by atoms with Crippen molar-refractivity contribution in [1.29, 1.82) is 0 Å². The average molecular weight is 229 g/mol. The Morgan fingerprint density at radius 2 is 1.75 bits per heavy atom. The Morgan fingerprint density at radius 3 is 2.19 bits per heavy atom. The average Bonchev–Trinajstić information content (AvgIpc) is 2.25. The molecule has 0 aromatic carbocycles. The molecular formula is C13H27NO2. The molecular weight excluding hydrogens is 202 g/mol. The van der Waals surface area contributed by atoms with Crippen LogP contribution in [0.15, 0.2) is 0 Å². The molecule has 3 nitrogen and oxygen atoms in total. The minimum Gasteiger partial charge on any atom is -0.481 e. The first kappa shape index (κ1) is 15.4. The Morgan fingerprint density at radius 1 is 1.12 bits per heavy atom. The largest absolute Gasteiger partial charge is 0.481 e. The summed E-state index contributed by atoms with van der Waals surface area (Å²) in [5, 5.41) is 8.90. The molecule has 0 aliphatic carbocycles. The van der Waals surface area contributed by atoms with E-state index < -0.39 is 5.97 Å². The number of carboxylic acids is 1. The number of hydrogen-bond acceptors (Lipinski definition) is 2.